The molecule has 0 aliphatic carbocycles. The summed E-state index contributed by atoms with van der Waals surface area (Å²) in [4.78, 5) is 30.5. The maximum absolute atomic E-state index is 13.6. The van der Waals surface area contributed by atoms with Crippen molar-refractivity contribution in [1.82, 2.24) is 4.90 Å². The molecule has 3 aromatic rings. The highest BCUT2D eigenvalue weighted by Crippen LogP contribution is 2.37. The summed E-state index contributed by atoms with van der Waals surface area (Å²) in [5.41, 5.74) is 4.98. The third-order valence-electron chi connectivity index (χ3n) is 6.90. The number of ether oxygens (including phenoxy) is 1. The highest BCUT2D eigenvalue weighted by atomic mass is 16.6. The highest BCUT2D eigenvalue weighted by molar-refractivity contribution is 6.08. The number of likely N-dealkylation sites (N-methyl/N-ethyl adjacent to an activating group) is 1. The van der Waals surface area contributed by atoms with Crippen LogP contribution in [0.15, 0.2) is 72.8 Å². The zero-order valence-corrected chi connectivity index (χ0v) is 20.2. The highest BCUT2D eigenvalue weighted by Gasteiger charge is 2.32. The number of anilines is 2. The standard InChI is InChI=1S/C29H31N3O3/c1-20-8-3-4-9-24(20)28(33)30-22-15-13-21(14-16-22)29(34)32-17-7-12-26(31(2)18-23-19-35-23)25-10-5-6-11-27(25)32/h3-6,8-11,13-16,23,26H,7,12,17-19H2,1-2H3,(H,30,33). The molecule has 35 heavy (non-hydrogen) atoms. The van der Waals surface area contributed by atoms with Crippen molar-refractivity contribution in [3.05, 3.63) is 95.1 Å². The first-order chi connectivity index (χ1) is 17.0. The molecule has 6 nitrogen and oxygen atoms in total. The van der Waals surface area contributed by atoms with Gasteiger partial charge >= 0.3 is 0 Å². The van der Waals surface area contributed by atoms with Crippen molar-refractivity contribution in [1.29, 1.82) is 0 Å². The van der Waals surface area contributed by atoms with Gasteiger partial charge in [-0.05, 0) is 74.3 Å². The summed E-state index contributed by atoms with van der Waals surface area (Å²) < 4.78 is 5.44. The summed E-state index contributed by atoms with van der Waals surface area (Å²) in [6.45, 7) is 4.33. The maximum atomic E-state index is 13.6. The largest absolute Gasteiger partial charge is 0.372 e. The van der Waals surface area contributed by atoms with E-state index in [9.17, 15) is 9.59 Å². The van der Waals surface area contributed by atoms with Crippen LogP contribution in [-0.4, -0.2) is 49.6 Å². The van der Waals surface area contributed by atoms with Crippen molar-refractivity contribution < 1.29 is 14.3 Å². The van der Waals surface area contributed by atoms with Crippen molar-refractivity contribution in [2.24, 2.45) is 0 Å². The van der Waals surface area contributed by atoms with Crippen LogP contribution in [0.4, 0.5) is 11.4 Å². The van der Waals surface area contributed by atoms with Gasteiger partial charge in [0.1, 0.15) is 0 Å². The molecule has 2 unspecified atom stereocenters. The summed E-state index contributed by atoms with van der Waals surface area (Å²) >= 11 is 0. The number of benzene rings is 3. The van der Waals surface area contributed by atoms with Gasteiger partial charge < -0.3 is 15.0 Å². The zero-order chi connectivity index (χ0) is 24.4. The Kier molecular flexibility index (Phi) is 6.66. The van der Waals surface area contributed by atoms with Gasteiger partial charge in [-0.15, -0.1) is 0 Å². The smallest absolute Gasteiger partial charge is 0.258 e. The monoisotopic (exact) mass is 469 g/mol. The van der Waals surface area contributed by atoms with Gasteiger partial charge in [0.25, 0.3) is 11.8 Å². The van der Waals surface area contributed by atoms with E-state index in [-0.39, 0.29) is 17.9 Å². The predicted molar refractivity (Wildman–Crippen MR) is 138 cm³/mol. The number of hydrogen-bond donors (Lipinski definition) is 1. The van der Waals surface area contributed by atoms with Crippen LogP contribution in [0, 0.1) is 6.92 Å². The Labute approximate surface area is 206 Å². The second-order valence-corrected chi connectivity index (χ2v) is 9.41. The van der Waals surface area contributed by atoms with E-state index in [0.717, 1.165) is 37.2 Å². The van der Waals surface area contributed by atoms with Crippen LogP contribution in [0.3, 0.4) is 0 Å². The van der Waals surface area contributed by atoms with E-state index < -0.39 is 0 Å². The van der Waals surface area contributed by atoms with Gasteiger partial charge in [0, 0.05) is 41.6 Å². The molecule has 5 rings (SSSR count). The Balaban J connectivity index is 1.33. The summed E-state index contributed by atoms with van der Waals surface area (Å²) in [5.74, 6) is -0.182. The lowest BCUT2D eigenvalue weighted by Crippen LogP contribution is -2.32. The maximum Gasteiger partial charge on any atom is 0.258 e. The quantitative estimate of drug-likeness (QED) is 0.513. The molecule has 2 aliphatic heterocycles. The van der Waals surface area contributed by atoms with E-state index in [1.54, 1.807) is 24.3 Å². The van der Waals surface area contributed by atoms with Crippen LogP contribution in [0.25, 0.3) is 0 Å². The molecule has 1 fully saturated rings. The van der Waals surface area contributed by atoms with E-state index in [2.05, 4.69) is 23.3 Å². The topological polar surface area (TPSA) is 65.2 Å². The molecule has 2 atom stereocenters. The third-order valence-corrected chi connectivity index (χ3v) is 6.90. The Bertz CT molecular complexity index is 1220. The Morgan fingerprint density at radius 1 is 1.03 bits per heavy atom. The fraction of sp³-hybridized carbons (Fsp3) is 0.310. The minimum absolute atomic E-state index is 0.0249. The second kappa shape index (κ2) is 10.0. The van der Waals surface area contributed by atoms with Crippen molar-refractivity contribution in [2.45, 2.75) is 31.9 Å². The van der Waals surface area contributed by atoms with Gasteiger partial charge in [-0.3, -0.25) is 14.5 Å². The molecule has 180 valence electrons. The lowest BCUT2D eigenvalue weighted by Gasteiger charge is -2.29. The number of fused-ring (bicyclic) bond motifs is 1. The lowest BCUT2D eigenvalue weighted by molar-refractivity contribution is 0.0985. The molecule has 1 N–H and O–H groups in total. The summed E-state index contributed by atoms with van der Waals surface area (Å²) in [7, 11) is 2.14. The first-order valence-corrected chi connectivity index (χ1v) is 12.2. The van der Waals surface area contributed by atoms with Gasteiger partial charge in [0.2, 0.25) is 0 Å². The number of nitrogens with zero attached hydrogens (tertiary/aromatic N) is 2. The average Bonchev–Trinajstić information content (AvgIpc) is 3.70. The van der Waals surface area contributed by atoms with E-state index in [4.69, 9.17) is 4.74 Å². The summed E-state index contributed by atoms with van der Waals surface area (Å²) in [6, 6.07) is 23.1. The van der Waals surface area contributed by atoms with Gasteiger partial charge in [-0.25, -0.2) is 0 Å². The second-order valence-electron chi connectivity index (χ2n) is 9.41. The lowest BCUT2D eigenvalue weighted by atomic mass is 10.00. The van der Waals surface area contributed by atoms with E-state index in [1.165, 1.54) is 5.56 Å². The minimum atomic E-state index is -0.157. The van der Waals surface area contributed by atoms with E-state index in [1.807, 2.05) is 54.3 Å². The molecule has 0 radical (unpaired) electrons. The van der Waals surface area contributed by atoms with Crippen LogP contribution < -0.4 is 10.2 Å². The van der Waals surface area contributed by atoms with Crippen LogP contribution in [0.2, 0.25) is 0 Å². The Morgan fingerprint density at radius 2 is 1.74 bits per heavy atom. The molecular weight excluding hydrogens is 438 g/mol. The number of amides is 2. The van der Waals surface area contributed by atoms with Crippen LogP contribution in [0.5, 0.6) is 0 Å². The first-order valence-electron chi connectivity index (χ1n) is 12.2. The van der Waals surface area contributed by atoms with E-state index in [0.29, 0.717) is 29.5 Å². The minimum Gasteiger partial charge on any atom is -0.372 e. The summed E-state index contributed by atoms with van der Waals surface area (Å²) in [5, 5.41) is 2.93. The van der Waals surface area contributed by atoms with Crippen LogP contribution in [-0.2, 0) is 4.74 Å². The number of rotatable bonds is 6. The summed E-state index contributed by atoms with van der Waals surface area (Å²) in [6.07, 6.45) is 2.25. The van der Waals surface area contributed by atoms with Crippen molar-refractivity contribution >= 4 is 23.2 Å². The number of nitrogens with one attached hydrogen (secondary N) is 1. The van der Waals surface area contributed by atoms with E-state index >= 15 is 0 Å². The molecule has 2 heterocycles. The molecule has 1 saturated heterocycles. The van der Waals surface area contributed by atoms with Gasteiger partial charge in [0.15, 0.2) is 0 Å². The van der Waals surface area contributed by atoms with Crippen molar-refractivity contribution in [2.75, 3.05) is 37.0 Å². The number of para-hydroxylation sites is 1. The fourth-order valence-corrected chi connectivity index (χ4v) is 4.90. The SMILES string of the molecule is Cc1ccccc1C(=O)Nc1ccc(C(=O)N2CCCC(N(C)CC3CO3)c3ccccc32)cc1. The van der Waals surface area contributed by atoms with Gasteiger partial charge in [-0.2, -0.15) is 0 Å². The molecule has 2 aliphatic rings. The molecule has 2 amide bonds. The molecule has 0 aromatic heterocycles. The predicted octanol–water partition coefficient (Wildman–Crippen LogP) is 5.06. The number of aryl methyl sites for hydroxylation is 1. The average molecular weight is 470 g/mol. The molecular formula is C29H31N3O3. The number of epoxide rings is 1. The third kappa shape index (κ3) is 5.14. The Morgan fingerprint density at radius 3 is 2.49 bits per heavy atom. The number of carbonyl (C=O) groups is 2. The van der Waals surface area contributed by atoms with Crippen molar-refractivity contribution in [3.63, 3.8) is 0 Å². The molecule has 0 spiro atoms. The van der Waals surface area contributed by atoms with Crippen LogP contribution in [0.1, 0.15) is 50.7 Å². The number of hydrogen-bond acceptors (Lipinski definition) is 4. The first kappa shape index (κ1) is 23.3. The Hall–Kier alpha value is -3.48. The molecule has 0 bridgehead atoms. The molecule has 3 aromatic carbocycles. The normalized spacial score (nSPS) is 19.1. The molecule has 6 heteroatoms. The van der Waals surface area contributed by atoms with Gasteiger partial charge in [0.05, 0.1) is 12.7 Å². The zero-order valence-electron chi connectivity index (χ0n) is 20.2. The molecule has 0 saturated carbocycles. The fourth-order valence-electron chi connectivity index (χ4n) is 4.90. The van der Waals surface area contributed by atoms with Gasteiger partial charge in [-0.1, -0.05) is 36.4 Å². The van der Waals surface area contributed by atoms with Crippen molar-refractivity contribution in [3.8, 4) is 0 Å². The number of carbonyl (C=O) groups excluding carboxylic acids is 2. The van der Waals surface area contributed by atoms with Crippen LogP contribution >= 0.6 is 0 Å².